The molecule has 13 heteroatoms. The van der Waals surface area contributed by atoms with Gasteiger partial charge in [0.05, 0.1) is 29.0 Å². The second-order valence-corrected chi connectivity index (χ2v) is 7.98. The predicted molar refractivity (Wildman–Crippen MR) is 105 cm³/mol. The Morgan fingerprint density at radius 3 is 2.38 bits per heavy atom. The third-order valence-electron chi connectivity index (χ3n) is 4.56. The summed E-state index contributed by atoms with van der Waals surface area (Å²) in [7, 11) is 1.60. The Labute approximate surface area is 181 Å². The van der Waals surface area contributed by atoms with Crippen LogP contribution < -0.4 is 0 Å². The molecule has 0 fully saturated rings. The number of aromatic nitrogens is 6. The van der Waals surface area contributed by atoms with Crippen molar-refractivity contribution in [2.75, 3.05) is 5.75 Å². The molecular formula is C19H14F6N6S. The molecule has 168 valence electrons. The van der Waals surface area contributed by atoms with Crippen LogP contribution in [0.1, 0.15) is 18.2 Å². The summed E-state index contributed by atoms with van der Waals surface area (Å²) in [6, 6.07) is 4.03. The molecule has 0 atom stereocenters. The van der Waals surface area contributed by atoms with Crippen LogP contribution in [0.15, 0.2) is 41.7 Å². The number of pyridine rings is 2. The van der Waals surface area contributed by atoms with Crippen LogP contribution in [-0.4, -0.2) is 35.1 Å². The highest BCUT2D eigenvalue weighted by atomic mass is 32.2. The van der Waals surface area contributed by atoms with Crippen molar-refractivity contribution < 1.29 is 26.3 Å². The molecule has 0 radical (unpaired) electrons. The van der Waals surface area contributed by atoms with Gasteiger partial charge in [-0.05, 0) is 24.0 Å². The third-order valence-corrected chi connectivity index (χ3v) is 5.49. The zero-order valence-electron chi connectivity index (χ0n) is 16.5. The maximum absolute atomic E-state index is 13.0. The van der Waals surface area contributed by atoms with Crippen molar-refractivity contribution in [1.29, 1.82) is 0 Å². The van der Waals surface area contributed by atoms with Crippen LogP contribution in [0.3, 0.4) is 0 Å². The van der Waals surface area contributed by atoms with Crippen molar-refractivity contribution in [3.8, 4) is 17.3 Å². The lowest BCUT2D eigenvalue weighted by Gasteiger charge is -2.10. The minimum Gasteiger partial charge on any atom is -0.325 e. The first-order valence-corrected chi connectivity index (χ1v) is 10.1. The summed E-state index contributed by atoms with van der Waals surface area (Å²) >= 11 is 1.41. The summed E-state index contributed by atoms with van der Waals surface area (Å²) in [6.07, 6.45) is -6.60. The van der Waals surface area contributed by atoms with Gasteiger partial charge >= 0.3 is 12.4 Å². The van der Waals surface area contributed by atoms with Crippen LogP contribution in [0.2, 0.25) is 0 Å². The highest BCUT2D eigenvalue weighted by Gasteiger charge is 2.34. The topological polar surface area (TPSA) is 61.4 Å². The number of hydrogen-bond acceptors (Lipinski definition) is 5. The first-order valence-electron chi connectivity index (χ1n) is 9.15. The van der Waals surface area contributed by atoms with E-state index in [1.165, 1.54) is 17.8 Å². The molecule has 0 aromatic carbocycles. The fourth-order valence-electron chi connectivity index (χ4n) is 3.05. The Morgan fingerprint density at radius 1 is 1.00 bits per heavy atom. The Balaban J connectivity index is 1.86. The number of rotatable bonds is 4. The van der Waals surface area contributed by atoms with Gasteiger partial charge in [-0.25, -0.2) is 19.6 Å². The Kier molecular flexibility index (Phi) is 5.39. The molecule has 4 aromatic rings. The molecule has 4 rings (SSSR count). The summed E-state index contributed by atoms with van der Waals surface area (Å²) in [5.74, 6) is 1.02. The van der Waals surface area contributed by atoms with E-state index in [1.807, 2.05) is 6.92 Å². The lowest BCUT2D eigenvalue weighted by Crippen LogP contribution is -2.07. The van der Waals surface area contributed by atoms with Gasteiger partial charge < -0.3 is 4.57 Å². The normalized spacial score (nSPS) is 12.6. The predicted octanol–water partition coefficient (Wildman–Crippen LogP) is 5.37. The van der Waals surface area contributed by atoms with Crippen LogP contribution in [0.25, 0.3) is 28.4 Å². The van der Waals surface area contributed by atoms with Gasteiger partial charge in [0, 0.05) is 18.1 Å². The zero-order chi connectivity index (χ0) is 23.3. The molecule has 0 aliphatic heterocycles. The summed E-state index contributed by atoms with van der Waals surface area (Å²) in [5.41, 5.74) is -1.27. The van der Waals surface area contributed by atoms with E-state index in [2.05, 4.69) is 20.1 Å². The van der Waals surface area contributed by atoms with Crippen molar-refractivity contribution in [1.82, 2.24) is 29.3 Å². The molecule has 0 unspecified atom stereocenters. The largest absolute Gasteiger partial charge is 0.433 e. The zero-order valence-corrected chi connectivity index (χ0v) is 17.3. The standard InChI is InChI=1S/C19H14F6N6S/c1-3-32-13-4-5-15(31-9-10(7-27-31)18(20,21)22)29-16(13)17-28-11-6-14(19(23,24)25)26-8-12(11)30(17)2/h4-9H,3H2,1-2H3. The highest BCUT2D eigenvalue weighted by Crippen LogP contribution is 2.34. The minimum atomic E-state index is -4.62. The Hall–Kier alpha value is -3.09. The number of alkyl halides is 6. The van der Waals surface area contributed by atoms with Gasteiger partial charge in [-0.3, -0.25) is 0 Å². The second kappa shape index (κ2) is 7.80. The maximum atomic E-state index is 13.0. The number of nitrogens with zero attached hydrogens (tertiary/aromatic N) is 6. The van der Waals surface area contributed by atoms with Crippen molar-refractivity contribution in [3.05, 3.63) is 48.0 Å². The molecule has 0 amide bonds. The number of aryl methyl sites for hydroxylation is 1. The summed E-state index contributed by atoms with van der Waals surface area (Å²) in [4.78, 5) is 12.9. The minimum absolute atomic E-state index is 0.0722. The van der Waals surface area contributed by atoms with Crippen LogP contribution >= 0.6 is 11.8 Å². The van der Waals surface area contributed by atoms with Crippen molar-refractivity contribution in [2.45, 2.75) is 24.2 Å². The highest BCUT2D eigenvalue weighted by molar-refractivity contribution is 7.99. The van der Waals surface area contributed by atoms with E-state index in [1.54, 1.807) is 17.7 Å². The van der Waals surface area contributed by atoms with E-state index in [0.29, 0.717) is 28.1 Å². The number of hydrogen-bond donors (Lipinski definition) is 0. The first kappa shape index (κ1) is 22.1. The molecule has 0 N–H and O–H groups in total. The quantitative estimate of drug-likeness (QED) is 0.295. The van der Waals surface area contributed by atoms with E-state index in [4.69, 9.17) is 0 Å². The van der Waals surface area contributed by atoms with Crippen LogP contribution in [0.4, 0.5) is 26.3 Å². The van der Waals surface area contributed by atoms with E-state index >= 15 is 0 Å². The molecule has 4 heterocycles. The fraction of sp³-hybridized carbons (Fsp3) is 0.263. The second-order valence-electron chi connectivity index (χ2n) is 6.67. The molecule has 0 aliphatic rings. The average Bonchev–Trinajstić information content (AvgIpc) is 3.33. The monoisotopic (exact) mass is 472 g/mol. The van der Waals surface area contributed by atoms with Gasteiger partial charge in [0.15, 0.2) is 11.6 Å². The molecule has 0 aliphatic carbocycles. The lowest BCUT2D eigenvalue weighted by molar-refractivity contribution is -0.141. The molecule has 0 saturated carbocycles. The summed E-state index contributed by atoms with van der Waals surface area (Å²) < 4.78 is 80.4. The van der Waals surface area contributed by atoms with Gasteiger partial charge in [0.1, 0.15) is 11.4 Å². The van der Waals surface area contributed by atoms with E-state index < -0.39 is 23.6 Å². The smallest absolute Gasteiger partial charge is 0.325 e. The summed E-state index contributed by atoms with van der Waals surface area (Å²) in [5, 5.41) is 3.73. The van der Waals surface area contributed by atoms with E-state index in [0.717, 1.165) is 23.1 Å². The average molecular weight is 472 g/mol. The van der Waals surface area contributed by atoms with Crippen LogP contribution in [0.5, 0.6) is 0 Å². The van der Waals surface area contributed by atoms with Gasteiger partial charge in [-0.15, -0.1) is 11.8 Å². The molecule has 0 spiro atoms. The summed E-state index contributed by atoms with van der Waals surface area (Å²) in [6.45, 7) is 1.90. The van der Waals surface area contributed by atoms with E-state index in [-0.39, 0.29) is 17.2 Å². The maximum Gasteiger partial charge on any atom is 0.433 e. The SMILES string of the molecule is CCSc1ccc(-n2cc(C(F)(F)F)cn2)nc1-c1nc2cc(C(F)(F)F)ncc2n1C. The first-order chi connectivity index (χ1) is 15.0. The van der Waals surface area contributed by atoms with Gasteiger partial charge in [0.2, 0.25) is 0 Å². The van der Waals surface area contributed by atoms with Crippen LogP contribution in [-0.2, 0) is 19.4 Å². The lowest BCUT2D eigenvalue weighted by atomic mass is 10.3. The number of fused-ring (bicyclic) bond motifs is 1. The number of halogens is 6. The van der Waals surface area contributed by atoms with Crippen molar-refractivity contribution in [3.63, 3.8) is 0 Å². The number of thioether (sulfide) groups is 1. The molecule has 0 saturated heterocycles. The molecule has 0 bridgehead atoms. The Bertz CT molecular complexity index is 1290. The molecule has 6 nitrogen and oxygen atoms in total. The fourth-order valence-corrected chi connectivity index (χ4v) is 3.79. The van der Waals surface area contributed by atoms with Gasteiger partial charge in [0.25, 0.3) is 0 Å². The van der Waals surface area contributed by atoms with Gasteiger partial charge in [-0.2, -0.15) is 31.4 Å². The third kappa shape index (κ3) is 4.04. The number of imidazole rings is 1. The van der Waals surface area contributed by atoms with Crippen molar-refractivity contribution in [2.24, 2.45) is 7.05 Å². The van der Waals surface area contributed by atoms with Crippen LogP contribution in [0, 0.1) is 0 Å². The molecular weight excluding hydrogens is 458 g/mol. The van der Waals surface area contributed by atoms with Gasteiger partial charge in [-0.1, -0.05) is 6.92 Å². The molecule has 32 heavy (non-hydrogen) atoms. The molecule has 4 aromatic heterocycles. The van der Waals surface area contributed by atoms with E-state index in [9.17, 15) is 26.3 Å². The van der Waals surface area contributed by atoms with Crippen molar-refractivity contribution >= 4 is 22.8 Å². The Morgan fingerprint density at radius 2 is 1.75 bits per heavy atom.